The van der Waals surface area contributed by atoms with Gasteiger partial charge in [-0.25, -0.2) is 0 Å². The number of allylic oxidation sites excluding steroid dienone is 3. The second kappa shape index (κ2) is 11.0. The second-order valence-corrected chi connectivity index (χ2v) is 11.4. The molecule has 1 aliphatic carbocycles. The number of dihydropyridines is 1. The van der Waals surface area contributed by atoms with E-state index in [0.717, 1.165) is 40.2 Å². The van der Waals surface area contributed by atoms with Crippen molar-refractivity contribution in [1.29, 1.82) is 0 Å². The van der Waals surface area contributed by atoms with E-state index in [1.54, 1.807) is 7.11 Å². The summed E-state index contributed by atoms with van der Waals surface area (Å²) in [6.07, 6.45) is 1.15. The first kappa shape index (κ1) is 27.3. The number of ketones is 1. The van der Waals surface area contributed by atoms with Gasteiger partial charge in [-0.1, -0.05) is 68.4 Å². The van der Waals surface area contributed by atoms with E-state index in [2.05, 4.69) is 24.5 Å². The molecule has 0 unspecified atom stereocenters. The number of hydrogen-bond donors (Lipinski definition) is 2. The highest BCUT2D eigenvalue weighted by molar-refractivity contribution is 6.10. The van der Waals surface area contributed by atoms with Crippen molar-refractivity contribution in [1.82, 2.24) is 5.32 Å². The monoisotopic (exact) mass is 536 g/mol. The first-order valence-electron chi connectivity index (χ1n) is 13.6. The number of carbonyl (C=O) groups is 2. The molecule has 1 aliphatic heterocycles. The van der Waals surface area contributed by atoms with Gasteiger partial charge in [0.2, 0.25) is 0 Å². The molecule has 5 rings (SSSR count). The van der Waals surface area contributed by atoms with Crippen LogP contribution in [0.1, 0.15) is 56.2 Å². The number of carbonyl (C=O) groups excluding carboxylic acids is 2. The molecule has 3 aromatic carbocycles. The minimum absolute atomic E-state index is 0.0563. The Balaban J connectivity index is 1.55. The zero-order valence-corrected chi connectivity index (χ0v) is 23.8. The minimum Gasteiger partial charge on any atom is -0.493 e. The Morgan fingerprint density at radius 1 is 0.975 bits per heavy atom. The molecule has 0 spiro atoms. The summed E-state index contributed by atoms with van der Waals surface area (Å²) in [5.74, 6) is 0.425. The van der Waals surface area contributed by atoms with Crippen LogP contribution in [0.2, 0.25) is 0 Å². The van der Waals surface area contributed by atoms with Gasteiger partial charge in [-0.15, -0.1) is 0 Å². The Morgan fingerprint density at radius 2 is 1.70 bits per heavy atom. The van der Waals surface area contributed by atoms with E-state index in [0.29, 0.717) is 35.7 Å². The first-order chi connectivity index (χ1) is 19.2. The number of nitrogens with one attached hydrogen (secondary N) is 2. The lowest BCUT2D eigenvalue weighted by molar-refractivity contribution is -0.118. The van der Waals surface area contributed by atoms with Crippen LogP contribution in [0.15, 0.2) is 95.3 Å². The van der Waals surface area contributed by atoms with Crippen molar-refractivity contribution in [3.63, 3.8) is 0 Å². The zero-order chi connectivity index (χ0) is 28.4. The van der Waals surface area contributed by atoms with Gasteiger partial charge in [0, 0.05) is 40.6 Å². The molecule has 6 nitrogen and oxygen atoms in total. The summed E-state index contributed by atoms with van der Waals surface area (Å²) in [6.45, 7) is 8.47. The fraction of sp³-hybridized carbons (Fsp3) is 0.294. The highest BCUT2D eigenvalue weighted by Crippen LogP contribution is 2.48. The van der Waals surface area contributed by atoms with E-state index in [1.807, 2.05) is 86.6 Å². The molecule has 2 N–H and O–H groups in total. The maximum absolute atomic E-state index is 13.9. The lowest BCUT2D eigenvalue weighted by Crippen LogP contribution is -2.39. The van der Waals surface area contributed by atoms with Gasteiger partial charge in [0.05, 0.1) is 7.11 Å². The Labute approximate surface area is 236 Å². The number of ether oxygens (including phenoxy) is 2. The van der Waals surface area contributed by atoms with E-state index < -0.39 is 5.92 Å². The van der Waals surface area contributed by atoms with Crippen LogP contribution < -0.4 is 20.1 Å². The average Bonchev–Trinajstić information content (AvgIpc) is 2.92. The third-order valence-electron chi connectivity index (χ3n) is 7.64. The molecule has 1 atom stereocenters. The number of para-hydroxylation sites is 1. The van der Waals surface area contributed by atoms with Crippen LogP contribution in [0.5, 0.6) is 11.5 Å². The number of anilines is 1. The Morgan fingerprint density at radius 3 is 2.42 bits per heavy atom. The third-order valence-corrected chi connectivity index (χ3v) is 7.64. The van der Waals surface area contributed by atoms with Crippen molar-refractivity contribution in [3.05, 3.63) is 112 Å². The van der Waals surface area contributed by atoms with E-state index in [-0.39, 0.29) is 17.1 Å². The molecule has 6 heteroatoms. The Kier molecular flexibility index (Phi) is 7.53. The molecular weight excluding hydrogens is 500 g/mol. The maximum Gasteiger partial charge on any atom is 0.254 e. The van der Waals surface area contributed by atoms with Gasteiger partial charge >= 0.3 is 0 Å². The molecule has 0 saturated heterocycles. The average molecular weight is 537 g/mol. The SMILES string of the molecule is COc1cc([C@@H]2C(C(=O)Nc3ccccc3C)=C(C)NC3=C2C(=O)CC(C)(C)C3)ccc1OCc1ccccc1. The maximum atomic E-state index is 13.9. The van der Waals surface area contributed by atoms with Gasteiger partial charge in [-0.05, 0) is 60.6 Å². The van der Waals surface area contributed by atoms with E-state index in [1.165, 1.54) is 0 Å². The minimum atomic E-state index is -0.541. The van der Waals surface area contributed by atoms with Crippen LogP contribution in [-0.2, 0) is 16.2 Å². The molecule has 2 aliphatic rings. The number of benzene rings is 3. The Bertz CT molecular complexity index is 1520. The van der Waals surface area contributed by atoms with Crippen molar-refractivity contribution in [2.45, 2.75) is 53.1 Å². The highest BCUT2D eigenvalue weighted by Gasteiger charge is 2.43. The van der Waals surface area contributed by atoms with Crippen molar-refractivity contribution in [2.75, 3.05) is 12.4 Å². The van der Waals surface area contributed by atoms with Gasteiger partial charge in [0.1, 0.15) is 6.61 Å². The predicted molar refractivity (Wildman–Crippen MR) is 157 cm³/mol. The topological polar surface area (TPSA) is 76.7 Å². The van der Waals surface area contributed by atoms with Gasteiger partial charge in [0.15, 0.2) is 17.3 Å². The molecule has 0 aromatic heterocycles. The van der Waals surface area contributed by atoms with Crippen LogP contribution in [0.3, 0.4) is 0 Å². The number of Topliss-reactive ketones (excluding diaryl/α,β-unsaturated/α-hetero) is 1. The first-order valence-corrected chi connectivity index (χ1v) is 13.6. The van der Waals surface area contributed by atoms with Gasteiger partial charge < -0.3 is 20.1 Å². The van der Waals surface area contributed by atoms with Gasteiger partial charge in [-0.2, -0.15) is 0 Å². The lowest BCUT2D eigenvalue weighted by atomic mass is 9.68. The fourth-order valence-corrected chi connectivity index (χ4v) is 5.69. The number of aryl methyl sites for hydroxylation is 1. The van der Waals surface area contributed by atoms with Crippen LogP contribution in [0, 0.1) is 12.3 Å². The summed E-state index contributed by atoms with van der Waals surface area (Å²) >= 11 is 0. The smallest absolute Gasteiger partial charge is 0.254 e. The fourth-order valence-electron chi connectivity index (χ4n) is 5.69. The predicted octanol–water partition coefficient (Wildman–Crippen LogP) is 6.83. The zero-order valence-electron chi connectivity index (χ0n) is 23.8. The molecule has 1 amide bonds. The van der Waals surface area contributed by atoms with Gasteiger partial charge in [-0.3, -0.25) is 9.59 Å². The molecule has 40 heavy (non-hydrogen) atoms. The van der Waals surface area contributed by atoms with E-state index in [4.69, 9.17) is 9.47 Å². The summed E-state index contributed by atoms with van der Waals surface area (Å²) in [4.78, 5) is 27.6. The summed E-state index contributed by atoms with van der Waals surface area (Å²) in [5.41, 5.74) is 6.20. The van der Waals surface area contributed by atoms with Crippen molar-refractivity contribution in [2.24, 2.45) is 5.41 Å². The highest BCUT2D eigenvalue weighted by atomic mass is 16.5. The molecule has 206 valence electrons. The molecule has 0 radical (unpaired) electrons. The summed E-state index contributed by atoms with van der Waals surface area (Å²) < 4.78 is 11.8. The van der Waals surface area contributed by atoms with E-state index in [9.17, 15) is 9.59 Å². The van der Waals surface area contributed by atoms with Crippen molar-refractivity contribution >= 4 is 17.4 Å². The van der Waals surface area contributed by atoms with Gasteiger partial charge in [0.25, 0.3) is 5.91 Å². The Hall–Kier alpha value is -4.32. The normalized spacial score (nSPS) is 18.1. The second-order valence-electron chi connectivity index (χ2n) is 11.4. The largest absolute Gasteiger partial charge is 0.493 e. The summed E-state index contributed by atoms with van der Waals surface area (Å²) in [7, 11) is 1.60. The van der Waals surface area contributed by atoms with Crippen LogP contribution in [0.25, 0.3) is 0 Å². The molecule has 1 heterocycles. The lowest BCUT2D eigenvalue weighted by Gasteiger charge is -2.39. The summed E-state index contributed by atoms with van der Waals surface area (Å²) in [5, 5.41) is 6.52. The molecule has 0 bridgehead atoms. The quantitative estimate of drug-likeness (QED) is 0.346. The van der Waals surface area contributed by atoms with Crippen LogP contribution in [-0.4, -0.2) is 18.8 Å². The summed E-state index contributed by atoms with van der Waals surface area (Å²) in [6, 6.07) is 23.3. The van der Waals surface area contributed by atoms with Crippen molar-refractivity contribution in [3.8, 4) is 11.5 Å². The molecule has 0 saturated carbocycles. The van der Waals surface area contributed by atoms with Crippen molar-refractivity contribution < 1.29 is 19.1 Å². The number of methoxy groups -OCH3 is 1. The number of rotatable bonds is 7. The standard InChI is InChI=1S/C34H36N2O4/c1-21-11-9-10-14-25(21)36-33(38)30-22(2)35-26-18-34(3,4)19-27(37)32(26)31(30)24-15-16-28(29(17-24)39-5)40-20-23-12-7-6-8-13-23/h6-17,31,35H,18-20H2,1-5H3,(H,36,38)/t31-/m1/s1. The van der Waals surface area contributed by atoms with Crippen LogP contribution >= 0.6 is 0 Å². The molecule has 3 aromatic rings. The molecular formula is C34H36N2O4. The van der Waals surface area contributed by atoms with E-state index >= 15 is 0 Å². The third kappa shape index (κ3) is 5.53. The van der Waals surface area contributed by atoms with Crippen LogP contribution in [0.4, 0.5) is 5.69 Å². The number of amides is 1. The molecule has 0 fully saturated rings. The number of hydrogen-bond acceptors (Lipinski definition) is 5.